The van der Waals surface area contributed by atoms with Crippen molar-refractivity contribution in [1.82, 2.24) is 0 Å². The molecular formula is C28H34N4. The molecule has 0 aromatic heterocycles. The molecular weight excluding hydrogens is 392 g/mol. The average Bonchev–Trinajstić information content (AvgIpc) is 2.83. The highest BCUT2D eigenvalue weighted by molar-refractivity contribution is 5.48. The van der Waals surface area contributed by atoms with Crippen molar-refractivity contribution in [1.29, 1.82) is 0 Å². The van der Waals surface area contributed by atoms with Gasteiger partial charge >= 0.3 is 0 Å². The summed E-state index contributed by atoms with van der Waals surface area (Å²) in [5.41, 5.74) is 6.00. The number of benzene rings is 3. The first kappa shape index (κ1) is 23.5. The molecule has 0 saturated heterocycles. The first-order valence-electron chi connectivity index (χ1n) is 11.7. The second-order valence-electron chi connectivity index (χ2n) is 8.68. The van der Waals surface area contributed by atoms with Gasteiger partial charge in [-0.05, 0) is 84.3 Å². The zero-order valence-electron chi connectivity index (χ0n) is 19.7. The van der Waals surface area contributed by atoms with E-state index in [1.54, 1.807) is 0 Å². The predicted molar refractivity (Wildman–Crippen MR) is 134 cm³/mol. The maximum Gasteiger partial charge on any atom is 0.0858 e. The Morgan fingerprint density at radius 1 is 0.469 bits per heavy atom. The molecule has 4 nitrogen and oxygen atoms in total. The zero-order chi connectivity index (χ0) is 22.8. The summed E-state index contributed by atoms with van der Waals surface area (Å²) in [7, 11) is 0. The number of nitrogens with zero attached hydrogens (tertiary/aromatic N) is 4. The third kappa shape index (κ3) is 7.52. The molecule has 32 heavy (non-hydrogen) atoms. The minimum Gasteiger partial charge on any atom is -0.151 e. The molecule has 0 aliphatic carbocycles. The van der Waals surface area contributed by atoms with E-state index in [-0.39, 0.29) is 0 Å². The molecule has 2 atom stereocenters. The SMILES string of the molecule is CCC(C)Cc1ccc(/N=N/c2ccc(/N=N/c3ccc(CC(C)CC)cc3)cc2)cc1. The molecule has 0 fully saturated rings. The second-order valence-corrected chi connectivity index (χ2v) is 8.68. The monoisotopic (exact) mass is 426 g/mol. The van der Waals surface area contributed by atoms with Gasteiger partial charge in [0.2, 0.25) is 0 Å². The van der Waals surface area contributed by atoms with Gasteiger partial charge in [-0.25, -0.2) is 0 Å². The van der Waals surface area contributed by atoms with Crippen molar-refractivity contribution in [2.75, 3.05) is 0 Å². The van der Waals surface area contributed by atoms with E-state index in [2.05, 4.69) is 72.4 Å². The Kier molecular flexibility index (Phi) is 8.85. The van der Waals surface area contributed by atoms with Crippen LogP contribution in [0.3, 0.4) is 0 Å². The normalized spacial score (nSPS) is 13.6. The molecule has 0 N–H and O–H groups in total. The predicted octanol–water partition coefficient (Wildman–Crippen LogP) is 9.69. The number of hydrogen-bond donors (Lipinski definition) is 0. The lowest BCUT2D eigenvalue weighted by atomic mass is 9.99. The van der Waals surface area contributed by atoms with Crippen molar-refractivity contribution < 1.29 is 0 Å². The van der Waals surface area contributed by atoms with Gasteiger partial charge in [0, 0.05) is 0 Å². The molecule has 0 radical (unpaired) electrons. The van der Waals surface area contributed by atoms with Crippen LogP contribution in [-0.2, 0) is 12.8 Å². The molecule has 166 valence electrons. The molecule has 3 rings (SSSR count). The van der Waals surface area contributed by atoms with Crippen LogP contribution in [0.1, 0.15) is 51.7 Å². The molecule has 3 aromatic carbocycles. The van der Waals surface area contributed by atoms with Crippen molar-refractivity contribution >= 4 is 22.7 Å². The largest absolute Gasteiger partial charge is 0.151 e. The van der Waals surface area contributed by atoms with Gasteiger partial charge in [0.1, 0.15) is 0 Å². The Morgan fingerprint density at radius 3 is 0.969 bits per heavy atom. The highest BCUT2D eigenvalue weighted by atomic mass is 15.1. The van der Waals surface area contributed by atoms with Crippen LogP contribution in [0.15, 0.2) is 93.3 Å². The van der Waals surface area contributed by atoms with Crippen LogP contribution < -0.4 is 0 Å². The summed E-state index contributed by atoms with van der Waals surface area (Å²) in [6.07, 6.45) is 4.60. The summed E-state index contributed by atoms with van der Waals surface area (Å²) in [5.74, 6) is 1.40. The van der Waals surface area contributed by atoms with E-state index in [9.17, 15) is 0 Å². The van der Waals surface area contributed by atoms with Crippen LogP contribution in [0.5, 0.6) is 0 Å². The summed E-state index contributed by atoms with van der Waals surface area (Å²) in [4.78, 5) is 0. The van der Waals surface area contributed by atoms with Gasteiger partial charge in [-0.2, -0.15) is 20.5 Å². The van der Waals surface area contributed by atoms with Crippen LogP contribution in [-0.4, -0.2) is 0 Å². The van der Waals surface area contributed by atoms with Crippen molar-refractivity contribution in [2.45, 2.75) is 53.4 Å². The van der Waals surface area contributed by atoms with E-state index in [4.69, 9.17) is 0 Å². The van der Waals surface area contributed by atoms with Crippen molar-refractivity contribution in [3.05, 3.63) is 83.9 Å². The summed E-state index contributed by atoms with van der Waals surface area (Å²) in [6.45, 7) is 9.01. The van der Waals surface area contributed by atoms with E-state index in [1.807, 2.05) is 48.5 Å². The molecule has 0 aliphatic rings. The van der Waals surface area contributed by atoms with Crippen LogP contribution >= 0.6 is 0 Å². The van der Waals surface area contributed by atoms with E-state index >= 15 is 0 Å². The molecule has 0 spiro atoms. The lowest BCUT2D eigenvalue weighted by molar-refractivity contribution is 0.560. The van der Waals surface area contributed by atoms with E-state index in [0.717, 1.165) is 35.6 Å². The number of hydrogen-bond acceptors (Lipinski definition) is 4. The molecule has 4 heteroatoms. The standard InChI is InChI=1S/C28H34N4/c1-5-21(3)19-23-7-11-25(12-8-23)29-31-27-15-17-28(18-16-27)32-30-26-13-9-24(10-14-26)20-22(4)6-2/h7-18,21-22H,5-6,19-20H2,1-4H3/b31-29+,32-30+. The lowest BCUT2D eigenvalue weighted by Crippen LogP contribution is -1.96. The third-order valence-electron chi connectivity index (χ3n) is 5.85. The van der Waals surface area contributed by atoms with Gasteiger partial charge in [-0.1, -0.05) is 64.8 Å². The Bertz CT molecular complexity index is 918. The molecule has 0 heterocycles. The highest BCUT2D eigenvalue weighted by Crippen LogP contribution is 2.24. The Labute approximate surface area is 192 Å². The van der Waals surface area contributed by atoms with Crippen LogP contribution in [0, 0.1) is 11.8 Å². The van der Waals surface area contributed by atoms with Gasteiger partial charge in [0.25, 0.3) is 0 Å². The van der Waals surface area contributed by atoms with Crippen molar-refractivity contribution in [3.63, 3.8) is 0 Å². The first-order chi connectivity index (χ1) is 15.6. The number of azo groups is 2. The minimum atomic E-state index is 0.701. The fourth-order valence-corrected chi connectivity index (χ4v) is 3.31. The molecule has 0 amide bonds. The van der Waals surface area contributed by atoms with E-state index in [0.29, 0.717) is 11.8 Å². The van der Waals surface area contributed by atoms with Gasteiger partial charge in [-0.3, -0.25) is 0 Å². The second kappa shape index (κ2) is 12.0. The fourth-order valence-electron chi connectivity index (χ4n) is 3.31. The third-order valence-corrected chi connectivity index (χ3v) is 5.85. The first-order valence-corrected chi connectivity index (χ1v) is 11.7. The van der Waals surface area contributed by atoms with Gasteiger partial charge in [0.05, 0.1) is 22.7 Å². The maximum absolute atomic E-state index is 4.35. The fraction of sp³-hybridized carbons (Fsp3) is 0.357. The zero-order valence-corrected chi connectivity index (χ0v) is 19.7. The minimum absolute atomic E-state index is 0.701. The molecule has 2 unspecified atom stereocenters. The summed E-state index contributed by atoms with van der Waals surface area (Å²) >= 11 is 0. The Morgan fingerprint density at radius 2 is 0.719 bits per heavy atom. The summed E-state index contributed by atoms with van der Waals surface area (Å²) in [6, 6.07) is 24.3. The van der Waals surface area contributed by atoms with E-state index in [1.165, 1.54) is 24.0 Å². The topological polar surface area (TPSA) is 49.4 Å². The average molecular weight is 427 g/mol. The lowest BCUT2D eigenvalue weighted by Gasteiger charge is -2.07. The van der Waals surface area contributed by atoms with Crippen LogP contribution in [0.4, 0.5) is 22.7 Å². The van der Waals surface area contributed by atoms with Gasteiger partial charge in [-0.15, -0.1) is 0 Å². The van der Waals surface area contributed by atoms with Crippen LogP contribution in [0.2, 0.25) is 0 Å². The Hall–Kier alpha value is -3.14. The highest BCUT2D eigenvalue weighted by Gasteiger charge is 2.02. The smallest absolute Gasteiger partial charge is 0.0858 e. The van der Waals surface area contributed by atoms with Gasteiger partial charge < -0.3 is 0 Å². The van der Waals surface area contributed by atoms with E-state index < -0.39 is 0 Å². The summed E-state index contributed by atoms with van der Waals surface area (Å²) in [5, 5.41) is 17.4. The summed E-state index contributed by atoms with van der Waals surface area (Å²) < 4.78 is 0. The maximum atomic E-state index is 4.35. The molecule has 0 saturated carbocycles. The van der Waals surface area contributed by atoms with Gasteiger partial charge in [0.15, 0.2) is 0 Å². The number of rotatable bonds is 10. The Balaban J connectivity index is 1.55. The molecule has 3 aromatic rings. The van der Waals surface area contributed by atoms with Crippen LogP contribution in [0.25, 0.3) is 0 Å². The van der Waals surface area contributed by atoms with Crippen molar-refractivity contribution in [3.8, 4) is 0 Å². The molecule has 0 bridgehead atoms. The molecule has 0 aliphatic heterocycles. The van der Waals surface area contributed by atoms with Crippen molar-refractivity contribution in [2.24, 2.45) is 32.3 Å². The quantitative estimate of drug-likeness (QED) is 0.290.